The maximum absolute atomic E-state index is 12.6. The number of carboxylic acids is 1. The second kappa shape index (κ2) is 34.6. The van der Waals surface area contributed by atoms with Crippen LogP contribution in [0.25, 0.3) is 0 Å². The molecule has 0 aromatic heterocycles. The van der Waals surface area contributed by atoms with Gasteiger partial charge in [0.05, 0.1) is 34.4 Å². The van der Waals surface area contributed by atoms with Crippen molar-refractivity contribution in [1.29, 1.82) is 0 Å². The fourth-order valence-corrected chi connectivity index (χ4v) is 5.75. The number of carbonyl (C=O) groups excluding carboxylic acids is 2. The lowest BCUT2D eigenvalue weighted by Crippen LogP contribution is -2.50. The van der Waals surface area contributed by atoms with E-state index in [1.165, 1.54) is 64.2 Å². The van der Waals surface area contributed by atoms with Crippen LogP contribution in [0.15, 0.2) is 36.5 Å². The molecular weight excluding hydrogens is 642 g/mol. The highest BCUT2D eigenvalue weighted by atomic mass is 16.6. The van der Waals surface area contributed by atoms with Gasteiger partial charge in [-0.05, 0) is 64.2 Å². The van der Waals surface area contributed by atoms with Crippen LogP contribution >= 0.6 is 0 Å². The van der Waals surface area contributed by atoms with Gasteiger partial charge in [0.1, 0.15) is 6.61 Å². The number of carbonyl (C=O) groups is 3. The molecule has 0 aliphatic carbocycles. The molecule has 2 unspecified atom stereocenters. The van der Waals surface area contributed by atoms with Crippen LogP contribution in [0.4, 0.5) is 0 Å². The zero-order chi connectivity index (χ0) is 37.8. The molecule has 0 saturated heterocycles. The highest BCUT2D eigenvalue weighted by Crippen LogP contribution is 2.13. The van der Waals surface area contributed by atoms with Crippen LogP contribution in [0.5, 0.6) is 0 Å². The van der Waals surface area contributed by atoms with Crippen molar-refractivity contribution in [2.75, 3.05) is 41.0 Å². The van der Waals surface area contributed by atoms with Gasteiger partial charge in [0.25, 0.3) is 0 Å². The first-order valence-corrected chi connectivity index (χ1v) is 20.5. The highest BCUT2D eigenvalue weighted by Gasteiger charge is 2.31. The number of aliphatic carboxylic acids is 1. The Labute approximate surface area is 313 Å². The van der Waals surface area contributed by atoms with Crippen molar-refractivity contribution >= 4 is 17.9 Å². The van der Waals surface area contributed by atoms with Crippen LogP contribution in [0, 0.1) is 0 Å². The maximum atomic E-state index is 12.6. The first kappa shape index (κ1) is 48.5. The SMILES string of the molecule is CCCC/C=C/CCCCCCC(=O)OC(COCCC(C(=O)O)[N+](C)(C)C)COC(=O)CCCCCCCCC/C=C/C/C=C/CCCCC. The number of nitrogens with zero attached hydrogens (tertiary/aromatic N) is 1. The summed E-state index contributed by atoms with van der Waals surface area (Å²) in [4.78, 5) is 36.8. The fraction of sp³-hybridized carbons (Fsp3) is 0.791. The van der Waals surface area contributed by atoms with Crippen LogP contribution in [0.2, 0.25) is 0 Å². The molecule has 0 saturated carbocycles. The average molecular weight is 721 g/mol. The van der Waals surface area contributed by atoms with E-state index in [4.69, 9.17) is 14.2 Å². The Balaban J connectivity index is 4.35. The molecule has 0 bridgehead atoms. The molecule has 0 fully saturated rings. The van der Waals surface area contributed by atoms with Crippen LogP contribution < -0.4 is 0 Å². The molecule has 0 spiro atoms. The number of esters is 2. The molecule has 0 aromatic rings. The van der Waals surface area contributed by atoms with E-state index in [0.29, 0.717) is 19.3 Å². The molecule has 1 N–H and O–H groups in total. The minimum atomic E-state index is -0.879. The van der Waals surface area contributed by atoms with E-state index >= 15 is 0 Å². The monoisotopic (exact) mass is 721 g/mol. The van der Waals surface area contributed by atoms with E-state index in [9.17, 15) is 19.5 Å². The molecule has 0 radical (unpaired) electrons. The van der Waals surface area contributed by atoms with Gasteiger partial charge >= 0.3 is 17.9 Å². The highest BCUT2D eigenvalue weighted by molar-refractivity contribution is 5.72. The summed E-state index contributed by atoms with van der Waals surface area (Å²) in [6.45, 7) is 4.64. The van der Waals surface area contributed by atoms with Gasteiger partial charge in [-0.2, -0.15) is 0 Å². The molecule has 0 aromatic carbocycles. The Morgan fingerprint density at radius 1 is 0.588 bits per heavy atom. The summed E-state index contributed by atoms with van der Waals surface area (Å²) in [7, 11) is 5.51. The lowest BCUT2D eigenvalue weighted by molar-refractivity contribution is -0.887. The van der Waals surface area contributed by atoms with Crippen molar-refractivity contribution < 1.29 is 38.2 Å². The predicted octanol–water partition coefficient (Wildman–Crippen LogP) is 10.7. The van der Waals surface area contributed by atoms with E-state index < -0.39 is 18.1 Å². The molecule has 8 heteroatoms. The van der Waals surface area contributed by atoms with Crippen molar-refractivity contribution in [3.05, 3.63) is 36.5 Å². The summed E-state index contributed by atoms with van der Waals surface area (Å²) in [6, 6.07) is -0.616. The van der Waals surface area contributed by atoms with Crippen LogP contribution in [0.1, 0.15) is 168 Å². The third-order valence-electron chi connectivity index (χ3n) is 9.01. The van der Waals surface area contributed by atoms with Gasteiger partial charge in [-0.3, -0.25) is 9.59 Å². The first-order chi connectivity index (χ1) is 24.6. The van der Waals surface area contributed by atoms with E-state index in [2.05, 4.69) is 50.3 Å². The summed E-state index contributed by atoms with van der Waals surface area (Å²) in [5.74, 6) is -1.50. The summed E-state index contributed by atoms with van der Waals surface area (Å²) in [5, 5.41) is 9.59. The van der Waals surface area contributed by atoms with Crippen molar-refractivity contribution in [2.24, 2.45) is 0 Å². The number of rotatable bonds is 36. The van der Waals surface area contributed by atoms with Crippen molar-refractivity contribution in [3.63, 3.8) is 0 Å². The molecule has 0 aliphatic heterocycles. The van der Waals surface area contributed by atoms with Crippen molar-refractivity contribution in [3.8, 4) is 0 Å². The molecule has 2 atom stereocenters. The standard InChI is InChI=1S/C43H77NO7/c1-6-8-10-12-14-16-18-19-20-21-22-23-24-26-27-29-31-33-41(45)50-38-39(37-49-36-35-40(43(47)48)44(3,4)5)51-42(46)34-32-30-28-25-17-15-13-11-9-7-2/h13-16,19-20,39-40H,6-12,17-18,21-38H2,1-5H3/p+1/b15-13+,16-14+,20-19+. The molecule has 0 aliphatic rings. The molecule has 296 valence electrons. The smallest absolute Gasteiger partial charge is 0.362 e. The fourth-order valence-electron chi connectivity index (χ4n) is 5.75. The van der Waals surface area contributed by atoms with E-state index in [0.717, 1.165) is 70.6 Å². The Bertz CT molecular complexity index is 937. The molecule has 51 heavy (non-hydrogen) atoms. The largest absolute Gasteiger partial charge is 0.477 e. The van der Waals surface area contributed by atoms with Crippen LogP contribution in [0.3, 0.4) is 0 Å². The zero-order valence-corrected chi connectivity index (χ0v) is 33.6. The Kier molecular flexibility index (Phi) is 33.0. The molecule has 8 nitrogen and oxygen atoms in total. The topological polar surface area (TPSA) is 99.1 Å². The van der Waals surface area contributed by atoms with Gasteiger partial charge in [-0.15, -0.1) is 0 Å². The molecule has 0 heterocycles. The maximum Gasteiger partial charge on any atom is 0.362 e. The third-order valence-corrected chi connectivity index (χ3v) is 9.01. The Morgan fingerprint density at radius 3 is 1.59 bits per heavy atom. The number of allylic oxidation sites excluding steroid dienone is 6. The summed E-state index contributed by atoms with van der Waals surface area (Å²) in [5.41, 5.74) is 0. The summed E-state index contributed by atoms with van der Waals surface area (Å²) < 4.78 is 17.2. The van der Waals surface area contributed by atoms with E-state index in [1.807, 2.05) is 21.1 Å². The normalized spacial score (nSPS) is 13.4. The second-order valence-corrected chi connectivity index (χ2v) is 14.9. The number of hydrogen-bond acceptors (Lipinski definition) is 6. The molecule has 0 rings (SSSR count). The van der Waals surface area contributed by atoms with Crippen molar-refractivity contribution in [2.45, 2.75) is 180 Å². The average Bonchev–Trinajstić information content (AvgIpc) is 3.08. The number of carboxylic acid groups (broad SMARTS) is 1. The molecule has 0 amide bonds. The number of quaternary nitrogens is 1. The third kappa shape index (κ3) is 33.2. The number of unbranched alkanes of at least 4 members (excludes halogenated alkanes) is 16. The van der Waals surface area contributed by atoms with Gasteiger partial charge in [0.2, 0.25) is 0 Å². The predicted molar refractivity (Wildman–Crippen MR) is 211 cm³/mol. The van der Waals surface area contributed by atoms with Gasteiger partial charge in [-0.1, -0.05) is 121 Å². The summed E-state index contributed by atoms with van der Waals surface area (Å²) >= 11 is 0. The van der Waals surface area contributed by atoms with Gasteiger partial charge in [0.15, 0.2) is 12.1 Å². The number of hydrogen-bond donors (Lipinski definition) is 1. The van der Waals surface area contributed by atoms with Crippen LogP contribution in [-0.4, -0.2) is 80.6 Å². The minimum absolute atomic E-state index is 0.0544. The zero-order valence-electron chi connectivity index (χ0n) is 33.6. The number of likely N-dealkylation sites (N-methyl/N-ethyl adjacent to an activating group) is 1. The Morgan fingerprint density at radius 2 is 1.06 bits per heavy atom. The summed E-state index contributed by atoms with van der Waals surface area (Å²) in [6.07, 6.45) is 37.6. The second-order valence-electron chi connectivity index (χ2n) is 14.9. The minimum Gasteiger partial charge on any atom is -0.477 e. The lowest BCUT2D eigenvalue weighted by atomic mass is 10.1. The van der Waals surface area contributed by atoms with E-state index in [1.54, 1.807) is 0 Å². The van der Waals surface area contributed by atoms with Crippen LogP contribution in [-0.2, 0) is 28.6 Å². The van der Waals surface area contributed by atoms with E-state index in [-0.39, 0.29) is 36.2 Å². The lowest BCUT2D eigenvalue weighted by Gasteiger charge is -2.31. The quantitative estimate of drug-likeness (QED) is 0.0298. The van der Waals surface area contributed by atoms with Crippen molar-refractivity contribution in [1.82, 2.24) is 0 Å². The van der Waals surface area contributed by atoms with Gasteiger partial charge in [0, 0.05) is 19.3 Å². The van der Waals surface area contributed by atoms with Gasteiger partial charge in [-0.25, -0.2) is 4.79 Å². The van der Waals surface area contributed by atoms with Gasteiger partial charge < -0.3 is 23.8 Å². The molecular formula is C43H78NO7+. The Hall–Kier alpha value is -2.45. The first-order valence-electron chi connectivity index (χ1n) is 20.5. The number of ether oxygens (including phenoxy) is 3.